The van der Waals surface area contributed by atoms with Gasteiger partial charge in [0.1, 0.15) is 5.02 Å². The highest BCUT2D eigenvalue weighted by Gasteiger charge is 2.09. The quantitative estimate of drug-likeness (QED) is 0.540. The molecule has 0 unspecified atom stereocenters. The topological polar surface area (TPSA) is 9.23 Å². The van der Waals surface area contributed by atoms with Gasteiger partial charge in [-0.25, -0.2) is 0 Å². The smallest absolute Gasteiger partial charge is 0.165 e. The molecular formula is C8H5Cl3O. The molecule has 0 aliphatic heterocycles. The van der Waals surface area contributed by atoms with Gasteiger partial charge in [-0.15, -0.1) is 0 Å². The first-order valence-corrected chi connectivity index (χ1v) is 4.21. The van der Waals surface area contributed by atoms with Crippen molar-refractivity contribution < 1.29 is 4.74 Å². The molecule has 0 amide bonds. The van der Waals surface area contributed by atoms with Crippen LogP contribution < -0.4 is 4.74 Å². The lowest BCUT2D eigenvalue weighted by Crippen LogP contribution is -1.84. The number of hydrogen-bond donors (Lipinski definition) is 0. The van der Waals surface area contributed by atoms with Crippen molar-refractivity contribution in [1.82, 2.24) is 0 Å². The summed E-state index contributed by atoms with van der Waals surface area (Å²) in [5, 5.41) is 1.10. The highest BCUT2D eigenvalue weighted by molar-refractivity contribution is 6.44. The van der Waals surface area contributed by atoms with Crippen molar-refractivity contribution in [1.29, 1.82) is 0 Å². The van der Waals surface area contributed by atoms with Gasteiger partial charge in [0.05, 0.1) is 16.3 Å². The molecule has 0 bridgehead atoms. The van der Waals surface area contributed by atoms with Crippen LogP contribution in [-0.2, 0) is 0 Å². The normalized spacial score (nSPS) is 9.58. The molecule has 0 fully saturated rings. The number of halogens is 3. The average molecular weight is 223 g/mol. The van der Waals surface area contributed by atoms with Gasteiger partial charge in [0.2, 0.25) is 0 Å². The highest BCUT2D eigenvalue weighted by atomic mass is 35.5. The Labute approximate surface area is 85.5 Å². The van der Waals surface area contributed by atoms with Crippen LogP contribution in [0.4, 0.5) is 0 Å². The van der Waals surface area contributed by atoms with Crippen molar-refractivity contribution in [3.8, 4) is 5.75 Å². The molecule has 12 heavy (non-hydrogen) atoms. The zero-order chi connectivity index (χ0) is 9.14. The fraction of sp³-hybridized carbons (Fsp3) is 0. The maximum Gasteiger partial charge on any atom is 0.165 e. The van der Waals surface area contributed by atoms with Crippen molar-refractivity contribution in [2.75, 3.05) is 0 Å². The number of benzene rings is 1. The second-order valence-corrected chi connectivity index (χ2v) is 3.15. The van der Waals surface area contributed by atoms with Gasteiger partial charge < -0.3 is 4.74 Å². The van der Waals surface area contributed by atoms with E-state index in [4.69, 9.17) is 39.5 Å². The highest BCUT2D eigenvalue weighted by Crippen LogP contribution is 2.37. The summed E-state index contributed by atoms with van der Waals surface area (Å²) in [6.07, 6.45) is 1.24. The lowest BCUT2D eigenvalue weighted by molar-refractivity contribution is 0.484. The summed E-state index contributed by atoms with van der Waals surface area (Å²) >= 11 is 17.3. The van der Waals surface area contributed by atoms with Crippen molar-refractivity contribution in [2.45, 2.75) is 0 Å². The molecule has 4 heteroatoms. The van der Waals surface area contributed by atoms with Crippen molar-refractivity contribution in [3.05, 3.63) is 40.0 Å². The third kappa shape index (κ3) is 1.86. The van der Waals surface area contributed by atoms with E-state index in [2.05, 4.69) is 6.58 Å². The Kier molecular flexibility index (Phi) is 3.27. The van der Waals surface area contributed by atoms with Gasteiger partial charge in [0.25, 0.3) is 0 Å². The Hall–Kier alpha value is -0.370. The van der Waals surface area contributed by atoms with Crippen molar-refractivity contribution >= 4 is 34.8 Å². The van der Waals surface area contributed by atoms with Gasteiger partial charge in [0.15, 0.2) is 5.75 Å². The van der Waals surface area contributed by atoms with Gasteiger partial charge >= 0.3 is 0 Å². The van der Waals surface area contributed by atoms with Crippen LogP contribution >= 0.6 is 34.8 Å². The number of ether oxygens (including phenoxy) is 1. The fourth-order valence-electron chi connectivity index (χ4n) is 0.700. The molecule has 64 valence electrons. The van der Waals surface area contributed by atoms with Crippen LogP contribution in [0.1, 0.15) is 0 Å². The van der Waals surface area contributed by atoms with Crippen LogP contribution in [0.15, 0.2) is 25.0 Å². The molecule has 0 spiro atoms. The van der Waals surface area contributed by atoms with E-state index in [0.29, 0.717) is 20.8 Å². The minimum Gasteiger partial charge on any atom is -0.462 e. The molecule has 0 atom stereocenters. The monoisotopic (exact) mass is 222 g/mol. The van der Waals surface area contributed by atoms with Gasteiger partial charge in [-0.1, -0.05) is 41.4 Å². The third-order valence-electron chi connectivity index (χ3n) is 1.20. The van der Waals surface area contributed by atoms with Gasteiger partial charge in [-0.3, -0.25) is 0 Å². The molecule has 0 saturated heterocycles. The second kappa shape index (κ2) is 4.04. The summed E-state index contributed by atoms with van der Waals surface area (Å²) in [5.74, 6) is 0.334. The van der Waals surface area contributed by atoms with Crippen LogP contribution in [0, 0.1) is 0 Å². The zero-order valence-corrected chi connectivity index (χ0v) is 8.25. The van der Waals surface area contributed by atoms with Gasteiger partial charge in [0, 0.05) is 0 Å². The van der Waals surface area contributed by atoms with Crippen molar-refractivity contribution in [3.63, 3.8) is 0 Å². The minimum absolute atomic E-state index is 0.295. The first-order valence-electron chi connectivity index (χ1n) is 3.08. The number of rotatable bonds is 2. The van der Waals surface area contributed by atoms with Gasteiger partial charge in [-0.05, 0) is 12.1 Å². The standard InChI is InChI=1S/C8H5Cl3O/c1-2-12-8-6(10)4-3-5(9)7(8)11/h2-4H,1H2. The van der Waals surface area contributed by atoms with E-state index >= 15 is 0 Å². The molecule has 0 aromatic heterocycles. The maximum absolute atomic E-state index is 5.79. The van der Waals surface area contributed by atoms with E-state index in [-0.39, 0.29) is 0 Å². The molecule has 0 saturated carbocycles. The van der Waals surface area contributed by atoms with Crippen LogP contribution in [-0.4, -0.2) is 0 Å². The molecule has 0 heterocycles. The van der Waals surface area contributed by atoms with Crippen LogP contribution in [0.3, 0.4) is 0 Å². The Bertz CT molecular complexity index is 309. The van der Waals surface area contributed by atoms with Crippen LogP contribution in [0.25, 0.3) is 0 Å². The average Bonchev–Trinajstić information content (AvgIpc) is 2.06. The summed E-state index contributed by atoms with van der Waals surface area (Å²) < 4.78 is 4.96. The SMILES string of the molecule is C=COc1c(Cl)ccc(Cl)c1Cl. The summed E-state index contributed by atoms with van der Waals surface area (Å²) in [4.78, 5) is 0. The summed E-state index contributed by atoms with van der Waals surface area (Å²) in [7, 11) is 0. The molecule has 1 nitrogen and oxygen atoms in total. The van der Waals surface area contributed by atoms with E-state index in [1.54, 1.807) is 12.1 Å². The number of hydrogen-bond acceptors (Lipinski definition) is 1. The predicted octanol–water partition coefficient (Wildman–Crippen LogP) is 4.17. The summed E-state index contributed by atoms with van der Waals surface area (Å²) in [5.41, 5.74) is 0. The Morgan fingerprint density at radius 1 is 1.17 bits per heavy atom. The molecule has 1 aromatic carbocycles. The first kappa shape index (κ1) is 9.72. The largest absolute Gasteiger partial charge is 0.462 e. The van der Waals surface area contributed by atoms with Crippen LogP contribution in [0.5, 0.6) is 5.75 Å². The van der Waals surface area contributed by atoms with Gasteiger partial charge in [-0.2, -0.15) is 0 Å². The van der Waals surface area contributed by atoms with Crippen LogP contribution in [0.2, 0.25) is 15.1 Å². The summed E-state index contributed by atoms with van der Waals surface area (Å²) in [6.45, 7) is 3.39. The van der Waals surface area contributed by atoms with E-state index < -0.39 is 0 Å². The zero-order valence-electron chi connectivity index (χ0n) is 5.98. The molecule has 0 aliphatic carbocycles. The van der Waals surface area contributed by atoms with Crippen molar-refractivity contribution in [2.24, 2.45) is 0 Å². The molecule has 0 aliphatic rings. The molecule has 0 N–H and O–H groups in total. The van der Waals surface area contributed by atoms with E-state index in [0.717, 1.165) is 0 Å². The maximum atomic E-state index is 5.79. The lowest BCUT2D eigenvalue weighted by atomic mass is 10.3. The third-order valence-corrected chi connectivity index (χ3v) is 2.29. The minimum atomic E-state index is 0.295. The Morgan fingerprint density at radius 2 is 1.75 bits per heavy atom. The molecule has 1 rings (SSSR count). The Balaban J connectivity index is 3.22. The van der Waals surface area contributed by atoms with E-state index in [1.165, 1.54) is 6.26 Å². The van der Waals surface area contributed by atoms with E-state index in [1.807, 2.05) is 0 Å². The molecule has 1 aromatic rings. The Morgan fingerprint density at radius 3 is 2.33 bits per heavy atom. The molecule has 0 radical (unpaired) electrons. The fourth-order valence-corrected chi connectivity index (χ4v) is 1.31. The van der Waals surface area contributed by atoms with E-state index in [9.17, 15) is 0 Å². The second-order valence-electron chi connectivity index (χ2n) is 1.96. The molecular weight excluding hydrogens is 218 g/mol. The lowest BCUT2D eigenvalue weighted by Gasteiger charge is -2.05. The first-order chi connectivity index (χ1) is 5.66. The summed E-state index contributed by atoms with van der Waals surface area (Å²) in [6, 6.07) is 3.21. The predicted molar refractivity (Wildman–Crippen MR) is 52.3 cm³/mol.